The quantitative estimate of drug-likeness (QED) is 0.866. The first kappa shape index (κ1) is 14.9. The molecule has 0 aromatic heterocycles. The highest BCUT2D eigenvalue weighted by atomic mass is 16.5. The van der Waals surface area contributed by atoms with Crippen LogP contribution in [0.3, 0.4) is 0 Å². The third kappa shape index (κ3) is 4.55. The van der Waals surface area contributed by atoms with Crippen LogP contribution in [0.15, 0.2) is 18.2 Å². The fraction of sp³-hybridized carbons (Fsp3) is 0.588. The van der Waals surface area contributed by atoms with Crippen LogP contribution in [-0.4, -0.2) is 19.1 Å². The second-order valence-electron chi connectivity index (χ2n) is 5.96. The van der Waals surface area contributed by atoms with Gasteiger partial charge < -0.3 is 10.1 Å². The molecule has 20 heavy (non-hydrogen) atoms. The Bertz CT molecular complexity index is 454. The van der Waals surface area contributed by atoms with Gasteiger partial charge in [-0.05, 0) is 61.3 Å². The maximum absolute atomic E-state index is 11.7. The molecule has 0 radical (unpaired) electrons. The summed E-state index contributed by atoms with van der Waals surface area (Å²) in [6.45, 7) is 5.13. The second-order valence-corrected chi connectivity index (χ2v) is 5.96. The highest BCUT2D eigenvalue weighted by Crippen LogP contribution is 2.25. The summed E-state index contributed by atoms with van der Waals surface area (Å²) in [4.78, 5) is 11.7. The first-order chi connectivity index (χ1) is 9.65. The summed E-state index contributed by atoms with van der Waals surface area (Å²) in [5.41, 5.74) is 2.82. The minimum atomic E-state index is -0.0385. The van der Waals surface area contributed by atoms with Crippen molar-refractivity contribution in [3.05, 3.63) is 29.3 Å². The first-order valence-electron chi connectivity index (χ1n) is 7.66. The molecule has 0 bridgehead atoms. The van der Waals surface area contributed by atoms with E-state index in [0.717, 1.165) is 25.1 Å². The molecule has 3 nitrogen and oxygen atoms in total. The Balaban J connectivity index is 1.77. The van der Waals surface area contributed by atoms with E-state index in [4.69, 9.17) is 4.74 Å². The van der Waals surface area contributed by atoms with Gasteiger partial charge in [0.2, 0.25) is 0 Å². The molecule has 1 aromatic carbocycles. The number of carbonyl (C=O) groups excluding carboxylic acids is 1. The van der Waals surface area contributed by atoms with Crippen molar-refractivity contribution < 1.29 is 9.53 Å². The summed E-state index contributed by atoms with van der Waals surface area (Å²) in [7, 11) is 0. The van der Waals surface area contributed by atoms with Crippen LogP contribution in [0.25, 0.3) is 0 Å². The van der Waals surface area contributed by atoms with Crippen molar-refractivity contribution in [1.29, 1.82) is 0 Å². The molecule has 0 saturated heterocycles. The highest BCUT2D eigenvalue weighted by Gasteiger charge is 2.10. The molecule has 0 aliphatic heterocycles. The van der Waals surface area contributed by atoms with Gasteiger partial charge in [0.1, 0.15) is 5.75 Å². The molecule has 1 aliphatic rings. The molecule has 0 fully saturated rings. The van der Waals surface area contributed by atoms with Gasteiger partial charge in [0.25, 0.3) is 5.91 Å². The average Bonchev–Trinajstić information content (AvgIpc) is 2.44. The van der Waals surface area contributed by atoms with Crippen molar-refractivity contribution in [1.82, 2.24) is 5.32 Å². The van der Waals surface area contributed by atoms with Crippen LogP contribution in [0.5, 0.6) is 5.75 Å². The topological polar surface area (TPSA) is 38.3 Å². The van der Waals surface area contributed by atoms with Gasteiger partial charge >= 0.3 is 0 Å². The van der Waals surface area contributed by atoms with Crippen molar-refractivity contribution in [2.75, 3.05) is 13.2 Å². The molecular weight excluding hydrogens is 250 g/mol. The first-order valence-corrected chi connectivity index (χ1v) is 7.66. The summed E-state index contributed by atoms with van der Waals surface area (Å²) < 4.78 is 5.58. The van der Waals surface area contributed by atoms with E-state index in [0.29, 0.717) is 5.92 Å². The molecule has 0 heterocycles. The molecule has 0 saturated carbocycles. The number of aryl methyl sites for hydroxylation is 2. The molecule has 1 aromatic rings. The van der Waals surface area contributed by atoms with Crippen molar-refractivity contribution in [2.24, 2.45) is 5.92 Å². The van der Waals surface area contributed by atoms with Gasteiger partial charge in [-0.15, -0.1) is 0 Å². The molecule has 1 aliphatic carbocycles. The lowest BCUT2D eigenvalue weighted by Gasteiger charge is -2.16. The van der Waals surface area contributed by atoms with Crippen LogP contribution in [0.2, 0.25) is 0 Å². The lowest BCUT2D eigenvalue weighted by Crippen LogP contribution is -2.30. The predicted molar refractivity (Wildman–Crippen MR) is 81.0 cm³/mol. The third-order valence-electron chi connectivity index (χ3n) is 3.73. The molecule has 1 amide bonds. The largest absolute Gasteiger partial charge is 0.484 e. The van der Waals surface area contributed by atoms with Crippen molar-refractivity contribution in [2.45, 2.75) is 46.0 Å². The van der Waals surface area contributed by atoms with E-state index in [1.807, 2.05) is 6.07 Å². The summed E-state index contributed by atoms with van der Waals surface area (Å²) >= 11 is 0. The van der Waals surface area contributed by atoms with Crippen LogP contribution in [0.4, 0.5) is 0 Å². The summed E-state index contributed by atoms with van der Waals surface area (Å²) in [5.74, 6) is 1.38. The molecule has 3 heteroatoms. The minimum absolute atomic E-state index is 0.0385. The summed E-state index contributed by atoms with van der Waals surface area (Å²) in [6, 6.07) is 6.21. The number of nitrogens with one attached hydrogen (secondary N) is 1. The Hall–Kier alpha value is -1.51. The average molecular weight is 275 g/mol. The molecule has 2 rings (SSSR count). The summed E-state index contributed by atoms with van der Waals surface area (Å²) in [5, 5.41) is 2.88. The van der Waals surface area contributed by atoms with E-state index in [1.54, 1.807) is 0 Å². The van der Waals surface area contributed by atoms with Crippen LogP contribution < -0.4 is 10.1 Å². The Morgan fingerprint density at radius 2 is 2.00 bits per heavy atom. The van der Waals surface area contributed by atoms with Gasteiger partial charge in [-0.25, -0.2) is 0 Å². The minimum Gasteiger partial charge on any atom is -0.484 e. The van der Waals surface area contributed by atoms with E-state index >= 15 is 0 Å². The van der Waals surface area contributed by atoms with Crippen molar-refractivity contribution in [3.8, 4) is 5.75 Å². The Kier molecular flexibility index (Phi) is 5.45. The van der Waals surface area contributed by atoms with Gasteiger partial charge in [0.15, 0.2) is 6.61 Å². The second kappa shape index (κ2) is 7.32. The number of ether oxygens (including phenoxy) is 1. The number of fused-ring (bicyclic) bond motifs is 1. The van der Waals surface area contributed by atoms with Crippen LogP contribution in [0.1, 0.15) is 44.2 Å². The van der Waals surface area contributed by atoms with E-state index in [2.05, 4.69) is 31.3 Å². The highest BCUT2D eigenvalue weighted by molar-refractivity contribution is 5.77. The molecule has 0 unspecified atom stereocenters. The van der Waals surface area contributed by atoms with Gasteiger partial charge in [-0.2, -0.15) is 0 Å². The molecule has 0 atom stereocenters. The van der Waals surface area contributed by atoms with E-state index in [1.165, 1.54) is 30.4 Å². The van der Waals surface area contributed by atoms with Crippen LogP contribution in [0, 0.1) is 5.92 Å². The number of carbonyl (C=O) groups is 1. The van der Waals surface area contributed by atoms with Gasteiger partial charge in [-0.1, -0.05) is 19.9 Å². The lowest BCUT2D eigenvalue weighted by atomic mass is 9.92. The lowest BCUT2D eigenvalue weighted by molar-refractivity contribution is -0.123. The van der Waals surface area contributed by atoms with Crippen LogP contribution >= 0.6 is 0 Å². The molecule has 110 valence electrons. The van der Waals surface area contributed by atoms with Crippen molar-refractivity contribution in [3.63, 3.8) is 0 Å². The zero-order chi connectivity index (χ0) is 14.4. The Morgan fingerprint density at radius 1 is 1.25 bits per heavy atom. The predicted octanol–water partition coefficient (Wildman–Crippen LogP) is 3.11. The summed E-state index contributed by atoms with van der Waals surface area (Å²) in [6.07, 6.45) is 5.85. The van der Waals surface area contributed by atoms with Crippen molar-refractivity contribution >= 4 is 5.91 Å². The number of amides is 1. The number of rotatable bonds is 6. The normalized spacial score (nSPS) is 13.9. The van der Waals surface area contributed by atoms with Gasteiger partial charge in [0, 0.05) is 6.54 Å². The fourth-order valence-corrected chi connectivity index (χ4v) is 2.50. The van der Waals surface area contributed by atoms with E-state index in [-0.39, 0.29) is 12.5 Å². The van der Waals surface area contributed by atoms with E-state index in [9.17, 15) is 4.79 Å². The molecule has 1 N–H and O–H groups in total. The maximum Gasteiger partial charge on any atom is 0.257 e. The Labute approximate surface area is 121 Å². The van der Waals surface area contributed by atoms with Gasteiger partial charge in [0.05, 0.1) is 0 Å². The maximum atomic E-state index is 11.7. The zero-order valence-corrected chi connectivity index (χ0v) is 12.6. The van der Waals surface area contributed by atoms with Gasteiger partial charge in [-0.3, -0.25) is 4.79 Å². The fourth-order valence-electron chi connectivity index (χ4n) is 2.50. The monoisotopic (exact) mass is 275 g/mol. The third-order valence-corrected chi connectivity index (χ3v) is 3.73. The Morgan fingerprint density at radius 3 is 2.75 bits per heavy atom. The number of hydrogen-bond donors (Lipinski definition) is 1. The van der Waals surface area contributed by atoms with Crippen LogP contribution in [-0.2, 0) is 17.6 Å². The number of hydrogen-bond acceptors (Lipinski definition) is 2. The SMILES string of the molecule is CC(C)CCNC(=O)COc1ccc2c(c1)CCCC2. The molecular formula is C17H25NO2. The zero-order valence-electron chi connectivity index (χ0n) is 12.6. The molecule has 0 spiro atoms. The van der Waals surface area contributed by atoms with E-state index < -0.39 is 0 Å². The smallest absolute Gasteiger partial charge is 0.257 e. The number of benzene rings is 1. The standard InChI is InChI=1S/C17H25NO2/c1-13(2)9-10-18-17(19)12-20-16-8-7-14-5-3-4-6-15(14)11-16/h7-8,11,13H,3-6,9-10,12H2,1-2H3,(H,18,19).